The molecule has 0 radical (unpaired) electrons. The molecule has 2 aromatic heterocycles. The van der Waals surface area contributed by atoms with Crippen molar-refractivity contribution in [1.82, 2.24) is 14.8 Å². The summed E-state index contributed by atoms with van der Waals surface area (Å²) >= 11 is 0. The summed E-state index contributed by atoms with van der Waals surface area (Å²) in [5, 5.41) is 6.53. The van der Waals surface area contributed by atoms with E-state index in [1.807, 2.05) is 30.5 Å². The highest BCUT2D eigenvalue weighted by atomic mass is 16.1. The van der Waals surface area contributed by atoms with E-state index in [2.05, 4.69) is 10.1 Å². The van der Waals surface area contributed by atoms with Gasteiger partial charge in [-0.1, -0.05) is 24.6 Å². The maximum atomic E-state index is 12.8. The fourth-order valence-electron chi connectivity index (χ4n) is 4.50. The topological polar surface area (TPSA) is 50.7 Å². The van der Waals surface area contributed by atoms with Crippen molar-refractivity contribution >= 4 is 21.8 Å². The molecule has 2 aliphatic carbocycles. The summed E-state index contributed by atoms with van der Waals surface area (Å²) in [6.07, 6.45) is 6.87. The van der Waals surface area contributed by atoms with Crippen LogP contribution in [0.2, 0.25) is 0 Å². The number of aromatic nitrogens is 3. The van der Waals surface area contributed by atoms with Crippen LogP contribution in [0, 0.1) is 11.8 Å². The van der Waals surface area contributed by atoms with Gasteiger partial charge in [0.2, 0.25) is 0 Å². The minimum Gasteiger partial charge on any atom is -0.350 e. The maximum Gasteiger partial charge on any atom is 0.291 e. The van der Waals surface area contributed by atoms with E-state index < -0.39 is 0 Å². The lowest BCUT2D eigenvalue weighted by atomic mass is 9.95. The van der Waals surface area contributed by atoms with Crippen LogP contribution in [-0.4, -0.2) is 14.8 Å². The van der Waals surface area contributed by atoms with Crippen molar-refractivity contribution in [3.05, 3.63) is 40.8 Å². The SMILES string of the molecule is O=c1c2[nH]c3ccccc3c2cnn1C1CC2CCC1C2. The van der Waals surface area contributed by atoms with Gasteiger partial charge in [0.05, 0.1) is 12.2 Å². The lowest BCUT2D eigenvalue weighted by molar-refractivity contribution is 0.298. The van der Waals surface area contributed by atoms with Crippen molar-refractivity contribution in [3.8, 4) is 0 Å². The Morgan fingerprint density at radius 3 is 2.86 bits per heavy atom. The van der Waals surface area contributed by atoms with E-state index >= 15 is 0 Å². The van der Waals surface area contributed by atoms with Crippen molar-refractivity contribution in [3.63, 3.8) is 0 Å². The molecule has 2 saturated carbocycles. The van der Waals surface area contributed by atoms with Gasteiger partial charge in [-0.2, -0.15) is 5.10 Å². The molecular formula is C17H17N3O. The molecule has 4 heteroatoms. The number of rotatable bonds is 1. The number of benzene rings is 1. The molecule has 1 aromatic carbocycles. The maximum absolute atomic E-state index is 12.8. The fourth-order valence-corrected chi connectivity index (χ4v) is 4.50. The first kappa shape index (κ1) is 11.5. The molecule has 106 valence electrons. The van der Waals surface area contributed by atoms with Crippen LogP contribution in [0.4, 0.5) is 0 Å². The number of fused-ring (bicyclic) bond motifs is 5. The molecule has 2 aliphatic rings. The summed E-state index contributed by atoms with van der Waals surface area (Å²) in [6, 6.07) is 8.34. The highest BCUT2D eigenvalue weighted by Gasteiger charge is 2.41. The molecule has 3 unspecified atom stereocenters. The zero-order chi connectivity index (χ0) is 14.0. The van der Waals surface area contributed by atoms with Crippen LogP contribution >= 0.6 is 0 Å². The average Bonchev–Trinajstić information content (AvgIpc) is 3.21. The molecule has 0 saturated heterocycles. The first-order valence-electron chi connectivity index (χ1n) is 7.79. The third kappa shape index (κ3) is 1.50. The Balaban J connectivity index is 1.74. The smallest absolute Gasteiger partial charge is 0.291 e. The Morgan fingerprint density at radius 1 is 1.14 bits per heavy atom. The minimum absolute atomic E-state index is 0.0428. The van der Waals surface area contributed by atoms with E-state index in [1.54, 1.807) is 4.68 Å². The third-order valence-corrected chi connectivity index (χ3v) is 5.49. The van der Waals surface area contributed by atoms with Gasteiger partial charge in [-0.25, -0.2) is 4.68 Å². The van der Waals surface area contributed by atoms with Gasteiger partial charge >= 0.3 is 0 Å². The number of aromatic amines is 1. The Labute approximate surface area is 121 Å². The molecule has 2 fully saturated rings. The van der Waals surface area contributed by atoms with Gasteiger partial charge in [0, 0.05) is 16.3 Å². The van der Waals surface area contributed by atoms with E-state index in [9.17, 15) is 4.79 Å². The lowest BCUT2D eigenvalue weighted by Gasteiger charge is -2.22. The molecule has 3 aromatic rings. The minimum atomic E-state index is 0.0428. The van der Waals surface area contributed by atoms with E-state index in [1.165, 1.54) is 19.3 Å². The van der Waals surface area contributed by atoms with Gasteiger partial charge in [0.15, 0.2) is 0 Å². The van der Waals surface area contributed by atoms with Crippen molar-refractivity contribution < 1.29 is 0 Å². The standard InChI is InChI=1S/C17H17N3O/c21-17-16-13(12-3-1-2-4-14(12)19-16)9-18-20(17)15-8-10-5-6-11(15)7-10/h1-4,9-11,15,19H,5-8H2. The van der Waals surface area contributed by atoms with Crippen LogP contribution in [-0.2, 0) is 0 Å². The third-order valence-electron chi connectivity index (χ3n) is 5.49. The average molecular weight is 279 g/mol. The molecule has 0 aliphatic heterocycles. The van der Waals surface area contributed by atoms with Gasteiger partial charge < -0.3 is 4.98 Å². The molecule has 2 heterocycles. The van der Waals surface area contributed by atoms with Crippen LogP contribution in [0.1, 0.15) is 31.7 Å². The first-order chi connectivity index (χ1) is 10.3. The second kappa shape index (κ2) is 3.97. The normalized spacial score (nSPS) is 27.9. The number of nitrogens with one attached hydrogen (secondary N) is 1. The molecular weight excluding hydrogens is 262 g/mol. The van der Waals surface area contributed by atoms with Crippen molar-refractivity contribution in [2.45, 2.75) is 31.7 Å². The van der Waals surface area contributed by atoms with Crippen LogP contribution in [0.5, 0.6) is 0 Å². The fraction of sp³-hybridized carbons (Fsp3) is 0.412. The van der Waals surface area contributed by atoms with Crippen LogP contribution in [0.25, 0.3) is 21.8 Å². The van der Waals surface area contributed by atoms with Gasteiger partial charge in [0.1, 0.15) is 5.52 Å². The highest BCUT2D eigenvalue weighted by Crippen LogP contribution is 2.50. The first-order valence-corrected chi connectivity index (χ1v) is 7.79. The molecule has 4 nitrogen and oxygen atoms in total. The summed E-state index contributed by atoms with van der Waals surface area (Å²) in [5.41, 5.74) is 1.76. The zero-order valence-corrected chi connectivity index (χ0v) is 11.7. The van der Waals surface area contributed by atoms with E-state index in [0.717, 1.165) is 28.6 Å². The Hall–Kier alpha value is -2.10. The Kier molecular flexibility index (Phi) is 2.18. The largest absolute Gasteiger partial charge is 0.350 e. The Morgan fingerprint density at radius 2 is 2.05 bits per heavy atom. The number of hydrogen-bond acceptors (Lipinski definition) is 2. The quantitative estimate of drug-likeness (QED) is 0.743. The van der Waals surface area contributed by atoms with Crippen molar-refractivity contribution in [1.29, 1.82) is 0 Å². The molecule has 1 N–H and O–H groups in total. The van der Waals surface area contributed by atoms with Crippen LogP contribution in [0.3, 0.4) is 0 Å². The molecule has 21 heavy (non-hydrogen) atoms. The van der Waals surface area contributed by atoms with E-state index in [0.29, 0.717) is 17.5 Å². The second-order valence-corrected chi connectivity index (χ2v) is 6.60. The Bertz CT molecular complexity index is 907. The number of para-hydroxylation sites is 1. The molecule has 2 bridgehead atoms. The summed E-state index contributed by atoms with van der Waals surface area (Å²) in [6.45, 7) is 0. The van der Waals surface area contributed by atoms with Gasteiger partial charge in [-0.3, -0.25) is 4.79 Å². The highest BCUT2D eigenvalue weighted by molar-refractivity contribution is 6.06. The monoisotopic (exact) mass is 279 g/mol. The lowest BCUT2D eigenvalue weighted by Crippen LogP contribution is -2.30. The second-order valence-electron chi connectivity index (χ2n) is 6.60. The number of nitrogens with zero attached hydrogens (tertiary/aromatic N) is 2. The van der Waals surface area contributed by atoms with Crippen LogP contribution in [0.15, 0.2) is 35.3 Å². The molecule has 5 rings (SSSR count). The molecule has 0 spiro atoms. The van der Waals surface area contributed by atoms with Gasteiger partial charge in [-0.05, 0) is 37.2 Å². The summed E-state index contributed by atoms with van der Waals surface area (Å²) in [7, 11) is 0. The zero-order valence-electron chi connectivity index (χ0n) is 11.7. The van der Waals surface area contributed by atoms with Gasteiger partial charge in [-0.15, -0.1) is 0 Å². The van der Waals surface area contributed by atoms with Crippen molar-refractivity contribution in [2.75, 3.05) is 0 Å². The molecule has 3 atom stereocenters. The number of hydrogen-bond donors (Lipinski definition) is 1. The number of H-pyrrole nitrogens is 1. The predicted molar refractivity (Wildman–Crippen MR) is 82.3 cm³/mol. The van der Waals surface area contributed by atoms with Crippen LogP contribution < -0.4 is 5.56 Å². The van der Waals surface area contributed by atoms with E-state index in [4.69, 9.17) is 0 Å². The summed E-state index contributed by atoms with van der Waals surface area (Å²) in [5.74, 6) is 1.47. The van der Waals surface area contributed by atoms with E-state index in [-0.39, 0.29) is 5.56 Å². The van der Waals surface area contributed by atoms with Gasteiger partial charge in [0.25, 0.3) is 5.56 Å². The summed E-state index contributed by atoms with van der Waals surface area (Å²) in [4.78, 5) is 16.1. The predicted octanol–water partition coefficient (Wildman–Crippen LogP) is 3.24. The van der Waals surface area contributed by atoms with Crippen molar-refractivity contribution in [2.24, 2.45) is 11.8 Å². The summed E-state index contributed by atoms with van der Waals surface area (Å²) < 4.78 is 1.75. The molecule has 0 amide bonds.